The minimum atomic E-state index is 0.715. The summed E-state index contributed by atoms with van der Waals surface area (Å²) in [7, 11) is 0. The van der Waals surface area contributed by atoms with Gasteiger partial charge in [-0.05, 0) is 25.5 Å². The van der Waals surface area contributed by atoms with Crippen LogP contribution in [0.15, 0.2) is 24.3 Å². The number of hydrogen-bond donors (Lipinski definition) is 0. The average Bonchev–Trinajstić information content (AvgIpc) is 2.39. The molecule has 0 atom stereocenters. The molecule has 0 aliphatic rings. The monoisotopic (exact) mass is 294 g/mol. The molecule has 17 heavy (non-hydrogen) atoms. The van der Waals surface area contributed by atoms with E-state index in [1.807, 2.05) is 24.3 Å². The van der Waals surface area contributed by atoms with Crippen LogP contribution in [0.25, 0.3) is 11.0 Å². The van der Waals surface area contributed by atoms with Crippen molar-refractivity contribution in [2.75, 3.05) is 23.3 Å². The molecule has 0 N–H and O–H groups in total. The van der Waals surface area contributed by atoms with E-state index in [9.17, 15) is 0 Å². The number of hydrogen-bond acceptors (Lipinski definition) is 4. The van der Waals surface area contributed by atoms with Gasteiger partial charge in [-0.1, -0.05) is 28.1 Å². The lowest BCUT2D eigenvalue weighted by atomic mass is 10.3. The van der Waals surface area contributed by atoms with Crippen molar-refractivity contribution in [1.29, 1.82) is 0 Å². The molecule has 1 aromatic carbocycles. The van der Waals surface area contributed by atoms with E-state index in [0.29, 0.717) is 5.95 Å². The Bertz CT molecular complexity index is 489. The van der Waals surface area contributed by atoms with Gasteiger partial charge >= 0.3 is 0 Å². The molecule has 0 saturated carbocycles. The molecule has 0 spiro atoms. The number of nitrogens with zero attached hydrogens (tertiary/aromatic N) is 4. The second kappa shape index (κ2) is 5.91. The number of fused-ring (bicyclic) bond motifs is 1. The summed E-state index contributed by atoms with van der Waals surface area (Å²) in [6, 6.07) is 7.80. The normalized spacial score (nSPS) is 10.7. The molecule has 2 aromatic rings. The Labute approximate surface area is 109 Å². The van der Waals surface area contributed by atoms with Crippen molar-refractivity contribution in [3.8, 4) is 0 Å². The van der Waals surface area contributed by atoms with Gasteiger partial charge in [-0.15, -0.1) is 10.2 Å². The zero-order valence-corrected chi connectivity index (χ0v) is 11.4. The van der Waals surface area contributed by atoms with Gasteiger partial charge in [-0.2, -0.15) is 0 Å². The van der Waals surface area contributed by atoms with Gasteiger partial charge in [0.25, 0.3) is 0 Å². The van der Waals surface area contributed by atoms with Crippen LogP contribution in [0, 0.1) is 0 Å². The van der Waals surface area contributed by atoms with E-state index in [1.54, 1.807) is 0 Å². The fourth-order valence-electron chi connectivity index (χ4n) is 1.66. The Morgan fingerprint density at radius 3 is 2.65 bits per heavy atom. The number of benzene rings is 1. The van der Waals surface area contributed by atoms with Crippen LogP contribution < -0.4 is 4.90 Å². The molecule has 1 heterocycles. The summed E-state index contributed by atoms with van der Waals surface area (Å²) >= 11 is 3.44. The van der Waals surface area contributed by atoms with Crippen molar-refractivity contribution < 1.29 is 0 Å². The van der Waals surface area contributed by atoms with Crippen molar-refractivity contribution >= 4 is 32.9 Å². The van der Waals surface area contributed by atoms with Gasteiger partial charge in [0.05, 0.1) is 5.52 Å². The molecule has 5 heteroatoms. The first-order valence-corrected chi connectivity index (χ1v) is 6.87. The summed E-state index contributed by atoms with van der Waals surface area (Å²) in [5.74, 6) is 0.715. The van der Waals surface area contributed by atoms with Crippen LogP contribution >= 0.6 is 15.9 Å². The van der Waals surface area contributed by atoms with Gasteiger partial charge in [-0.25, -0.2) is 4.98 Å². The van der Waals surface area contributed by atoms with Crippen LogP contribution in [0.4, 0.5) is 5.95 Å². The van der Waals surface area contributed by atoms with Gasteiger partial charge in [0, 0.05) is 18.4 Å². The maximum absolute atomic E-state index is 4.54. The highest BCUT2D eigenvalue weighted by atomic mass is 79.9. The first kappa shape index (κ1) is 12.2. The highest BCUT2D eigenvalue weighted by Crippen LogP contribution is 2.12. The zero-order valence-electron chi connectivity index (χ0n) is 9.80. The van der Waals surface area contributed by atoms with Crippen LogP contribution in [0.2, 0.25) is 0 Å². The lowest BCUT2D eigenvalue weighted by Gasteiger charge is -2.19. The minimum Gasteiger partial charge on any atom is -0.340 e. The smallest absolute Gasteiger partial charge is 0.245 e. The average molecular weight is 295 g/mol. The van der Waals surface area contributed by atoms with Gasteiger partial charge in [0.15, 0.2) is 0 Å². The molecule has 0 unspecified atom stereocenters. The first-order chi connectivity index (χ1) is 8.35. The highest BCUT2D eigenvalue weighted by Gasteiger charge is 2.08. The number of rotatable bonds is 5. The third-order valence-electron chi connectivity index (χ3n) is 2.58. The third kappa shape index (κ3) is 2.91. The topological polar surface area (TPSA) is 41.9 Å². The van der Waals surface area contributed by atoms with Crippen LogP contribution in [0.1, 0.15) is 13.3 Å². The molecular weight excluding hydrogens is 280 g/mol. The summed E-state index contributed by atoms with van der Waals surface area (Å²) < 4.78 is 0. The largest absolute Gasteiger partial charge is 0.340 e. The number of aromatic nitrogens is 3. The number of halogens is 1. The summed E-state index contributed by atoms with van der Waals surface area (Å²) in [6.45, 7) is 3.95. The van der Waals surface area contributed by atoms with Gasteiger partial charge < -0.3 is 4.90 Å². The Morgan fingerprint density at radius 2 is 1.94 bits per heavy atom. The molecule has 0 bridgehead atoms. The van der Waals surface area contributed by atoms with Crippen molar-refractivity contribution in [2.45, 2.75) is 13.3 Å². The lowest BCUT2D eigenvalue weighted by molar-refractivity contribution is 0.758. The van der Waals surface area contributed by atoms with E-state index in [-0.39, 0.29) is 0 Å². The number of para-hydroxylation sites is 1. The number of anilines is 1. The third-order valence-corrected chi connectivity index (χ3v) is 3.14. The molecule has 0 aliphatic carbocycles. The zero-order chi connectivity index (χ0) is 12.1. The molecule has 0 saturated heterocycles. The van der Waals surface area contributed by atoms with E-state index in [2.05, 4.69) is 42.9 Å². The predicted octanol–water partition coefficient (Wildman–Crippen LogP) is 2.64. The van der Waals surface area contributed by atoms with Gasteiger partial charge in [0.2, 0.25) is 5.95 Å². The Kier molecular flexibility index (Phi) is 4.25. The second-order valence-corrected chi connectivity index (χ2v) is 4.52. The quantitative estimate of drug-likeness (QED) is 0.795. The summed E-state index contributed by atoms with van der Waals surface area (Å²) in [5, 5.41) is 9.36. The molecule has 4 nitrogen and oxygen atoms in total. The van der Waals surface area contributed by atoms with Gasteiger partial charge in [-0.3, -0.25) is 0 Å². The van der Waals surface area contributed by atoms with E-state index in [0.717, 1.165) is 35.9 Å². The van der Waals surface area contributed by atoms with Crippen molar-refractivity contribution in [2.24, 2.45) is 0 Å². The summed E-state index contributed by atoms with van der Waals surface area (Å²) in [6.07, 6.45) is 1.07. The highest BCUT2D eigenvalue weighted by molar-refractivity contribution is 9.09. The summed E-state index contributed by atoms with van der Waals surface area (Å²) in [4.78, 5) is 6.68. The molecule has 0 fully saturated rings. The standard InChI is InChI=1S/C12H15BrN4/c1-2-17(9-5-8-13)12-14-10-6-3-4-7-11(10)15-16-12/h3-4,6-7H,2,5,8-9H2,1H3. The van der Waals surface area contributed by atoms with E-state index in [1.165, 1.54) is 0 Å². The van der Waals surface area contributed by atoms with Crippen LogP contribution in [0.5, 0.6) is 0 Å². The maximum Gasteiger partial charge on any atom is 0.245 e. The van der Waals surface area contributed by atoms with Crippen molar-refractivity contribution in [3.05, 3.63) is 24.3 Å². The predicted molar refractivity (Wildman–Crippen MR) is 73.6 cm³/mol. The fraction of sp³-hybridized carbons (Fsp3) is 0.417. The van der Waals surface area contributed by atoms with Crippen molar-refractivity contribution in [3.63, 3.8) is 0 Å². The molecule has 1 aromatic heterocycles. The first-order valence-electron chi connectivity index (χ1n) is 5.75. The SMILES string of the molecule is CCN(CCCBr)c1nnc2ccccc2n1. The van der Waals surface area contributed by atoms with E-state index in [4.69, 9.17) is 0 Å². The molecule has 2 rings (SSSR count). The minimum absolute atomic E-state index is 0.715. The second-order valence-electron chi connectivity index (χ2n) is 3.72. The maximum atomic E-state index is 4.54. The molecular formula is C12H15BrN4. The Morgan fingerprint density at radius 1 is 1.18 bits per heavy atom. The van der Waals surface area contributed by atoms with Crippen LogP contribution in [-0.2, 0) is 0 Å². The summed E-state index contributed by atoms with van der Waals surface area (Å²) in [5.41, 5.74) is 1.74. The molecule has 0 aliphatic heterocycles. The fourth-order valence-corrected chi connectivity index (χ4v) is 1.91. The van der Waals surface area contributed by atoms with Crippen LogP contribution in [0.3, 0.4) is 0 Å². The molecule has 90 valence electrons. The van der Waals surface area contributed by atoms with E-state index < -0.39 is 0 Å². The van der Waals surface area contributed by atoms with Crippen molar-refractivity contribution in [1.82, 2.24) is 15.2 Å². The Balaban J connectivity index is 2.27. The molecule has 0 radical (unpaired) electrons. The Hall–Kier alpha value is -1.23. The number of alkyl halides is 1. The molecule has 0 amide bonds. The van der Waals surface area contributed by atoms with Gasteiger partial charge in [0.1, 0.15) is 5.52 Å². The van der Waals surface area contributed by atoms with E-state index >= 15 is 0 Å². The lowest BCUT2D eigenvalue weighted by Crippen LogP contribution is -2.26. The van der Waals surface area contributed by atoms with Crippen LogP contribution in [-0.4, -0.2) is 33.6 Å².